The number of likely N-dealkylation sites (tertiary alicyclic amines) is 1. The third-order valence-electron chi connectivity index (χ3n) is 4.51. The number of amides is 2. The van der Waals surface area contributed by atoms with Crippen LogP contribution in [0.5, 0.6) is 0 Å². The number of esters is 1. The van der Waals surface area contributed by atoms with E-state index in [1.165, 1.54) is 0 Å². The molecule has 2 fully saturated rings. The zero-order valence-electron chi connectivity index (χ0n) is 12.9. The number of rotatable bonds is 4. The van der Waals surface area contributed by atoms with E-state index in [1.807, 2.05) is 0 Å². The Balaban J connectivity index is 1.74. The van der Waals surface area contributed by atoms with Gasteiger partial charge in [-0.15, -0.1) is 0 Å². The smallest absolute Gasteiger partial charge is 0.317 e. The number of hydrogen-bond donors (Lipinski definition) is 2. The number of carbonyl (C=O) groups is 3. The molecule has 2 N–H and O–H groups in total. The Bertz CT molecular complexity index is 432. The molecular weight excluding hydrogens is 288 g/mol. The second-order valence-electron chi connectivity index (χ2n) is 6.01. The van der Waals surface area contributed by atoms with Crippen molar-refractivity contribution < 1.29 is 24.2 Å². The van der Waals surface area contributed by atoms with Crippen LogP contribution in [-0.2, 0) is 14.3 Å². The average Bonchev–Trinajstić information content (AvgIpc) is 2.96. The minimum absolute atomic E-state index is 0.000830. The van der Waals surface area contributed by atoms with E-state index in [2.05, 4.69) is 5.32 Å². The van der Waals surface area contributed by atoms with Crippen LogP contribution < -0.4 is 5.32 Å². The quantitative estimate of drug-likeness (QED) is 0.761. The van der Waals surface area contributed by atoms with Crippen molar-refractivity contribution in [2.24, 2.45) is 11.8 Å². The Hall–Kier alpha value is -1.79. The van der Waals surface area contributed by atoms with Gasteiger partial charge in [-0.3, -0.25) is 9.59 Å². The van der Waals surface area contributed by atoms with E-state index in [9.17, 15) is 14.4 Å². The lowest BCUT2D eigenvalue weighted by molar-refractivity contribution is -0.147. The van der Waals surface area contributed by atoms with Crippen molar-refractivity contribution >= 4 is 18.0 Å². The molecule has 0 aromatic rings. The van der Waals surface area contributed by atoms with Crippen molar-refractivity contribution in [2.45, 2.75) is 45.1 Å². The Labute approximate surface area is 130 Å². The van der Waals surface area contributed by atoms with Crippen LogP contribution in [0.3, 0.4) is 0 Å². The molecule has 2 atom stereocenters. The molecule has 1 aliphatic heterocycles. The summed E-state index contributed by atoms with van der Waals surface area (Å²) in [7, 11) is 0. The number of urea groups is 1. The van der Waals surface area contributed by atoms with Crippen LogP contribution >= 0.6 is 0 Å². The summed E-state index contributed by atoms with van der Waals surface area (Å²) in [5.74, 6) is -1.43. The van der Waals surface area contributed by atoms with E-state index < -0.39 is 5.97 Å². The third kappa shape index (κ3) is 4.11. The molecule has 0 aromatic heterocycles. The van der Waals surface area contributed by atoms with Crippen molar-refractivity contribution in [3.63, 3.8) is 0 Å². The molecule has 0 bridgehead atoms. The van der Waals surface area contributed by atoms with Gasteiger partial charge in [0.25, 0.3) is 0 Å². The molecule has 1 saturated heterocycles. The highest BCUT2D eigenvalue weighted by atomic mass is 16.5. The van der Waals surface area contributed by atoms with E-state index in [0.29, 0.717) is 39.0 Å². The molecule has 7 heteroatoms. The molecule has 2 aliphatic rings. The van der Waals surface area contributed by atoms with Crippen LogP contribution in [0.25, 0.3) is 0 Å². The van der Waals surface area contributed by atoms with Crippen molar-refractivity contribution in [3.8, 4) is 0 Å². The van der Waals surface area contributed by atoms with Gasteiger partial charge in [0.1, 0.15) is 0 Å². The summed E-state index contributed by atoms with van der Waals surface area (Å²) in [6, 6.07) is -0.155. The van der Waals surface area contributed by atoms with E-state index in [-0.39, 0.29) is 29.9 Å². The van der Waals surface area contributed by atoms with Crippen molar-refractivity contribution in [2.75, 3.05) is 19.7 Å². The highest BCUT2D eigenvalue weighted by Crippen LogP contribution is 2.27. The zero-order chi connectivity index (χ0) is 16.1. The molecule has 1 aliphatic carbocycles. The number of aliphatic carboxylic acids is 1. The predicted octanol–water partition coefficient (Wildman–Crippen LogP) is 1.22. The van der Waals surface area contributed by atoms with Crippen molar-refractivity contribution in [1.82, 2.24) is 10.2 Å². The van der Waals surface area contributed by atoms with Crippen molar-refractivity contribution in [3.05, 3.63) is 0 Å². The first-order valence-corrected chi connectivity index (χ1v) is 7.96. The average molecular weight is 312 g/mol. The molecule has 0 radical (unpaired) electrons. The number of ether oxygens (including phenoxy) is 1. The van der Waals surface area contributed by atoms with Crippen LogP contribution in [0.4, 0.5) is 4.79 Å². The summed E-state index contributed by atoms with van der Waals surface area (Å²) in [5, 5.41) is 11.9. The molecule has 7 nitrogen and oxygen atoms in total. The second kappa shape index (κ2) is 7.47. The molecule has 0 unspecified atom stereocenters. The van der Waals surface area contributed by atoms with Gasteiger partial charge in [-0.2, -0.15) is 0 Å². The highest BCUT2D eigenvalue weighted by molar-refractivity contribution is 5.76. The second-order valence-corrected chi connectivity index (χ2v) is 6.01. The summed E-state index contributed by atoms with van der Waals surface area (Å²) in [4.78, 5) is 36.4. The number of carboxylic acid groups (broad SMARTS) is 1. The van der Waals surface area contributed by atoms with Gasteiger partial charge in [0, 0.05) is 19.1 Å². The summed E-state index contributed by atoms with van der Waals surface area (Å²) in [6.07, 6.45) is 3.14. The van der Waals surface area contributed by atoms with Crippen LogP contribution in [-0.4, -0.2) is 53.7 Å². The lowest BCUT2D eigenvalue weighted by Crippen LogP contribution is -2.48. The molecule has 22 heavy (non-hydrogen) atoms. The predicted molar refractivity (Wildman–Crippen MR) is 78.2 cm³/mol. The Morgan fingerprint density at radius 3 is 2.41 bits per heavy atom. The standard InChI is InChI=1S/C15H24N2O5/c1-2-22-14(20)11-3-4-12(9-11)16-15(21)17-7-5-10(6-8-17)13(18)19/h10-12H,2-9H2,1H3,(H,16,21)(H,18,19)/t11-,12+/m1/s1. The van der Waals surface area contributed by atoms with E-state index in [4.69, 9.17) is 9.84 Å². The van der Waals surface area contributed by atoms with Gasteiger partial charge in [-0.05, 0) is 39.0 Å². The van der Waals surface area contributed by atoms with Crippen LogP contribution in [0.15, 0.2) is 0 Å². The molecule has 0 aromatic carbocycles. The number of piperidine rings is 1. The fourth-order valence-corrected chi connectivity index (χ4v) is 3.18. The number of nitrogens with one attached hydrogen (secondary N) is 1. The topological polar surface area (TPSA) is 95.9 Å². The minimum Gasteiger partial charge on any atom is -0.481 e. The van der Waals surface area contributed by atoms with Gasteiger partial charge in [-0.1, -0.05) is 0 Å². The van der Waals surface area contributed by atoms with Gasteiger partial charge in [0.05, 0.1) is 18.4 Å². The van der Waals surface area contributed by atoms with Gasteiger partial charge >= 0.3 is 18.0 Å². The van der Waals surface area contributed by atoms with Gasteiger partial charge < -0.3 is 20.1 Å². The fourth-order valence-electron chi connectivity index (χ4n) is 3.18. The maximum absolute atomic E-state index is 12.2. The molecule has 1 saturated carbocycles. The van der Waals surface area contributed by atoms with Crippen LogP contribution in [0.1, 0.15) is 39.0 Å². The first kappa shape index (κ1) is 16.6. The first-order valence-electron chi connectivity index (χ1n) is 7.96. The van der Waals surface area contributed by atoms with E-state index >= 15 is 0 Å². The third-order valence-corrected chi connectivity index (χ3v) is 4.51. The molecule has 0 spiro atoms. The molecule has 1 heterocycles. The minimum atomic E-state index is -0.784. The molecular formula is C15H24N2O5. The van der Waals surface area contributed by atoms with Crippen molar-refractivity contribution in [1.29, 1.82) is 0 Å². The number of hydrogen-bond acceptors (Lipinski definition) is 4. The van der Waals surface area contributed by atoms with Gasteiger partial charge in [0.15, 0.2) is 0 Å². The Morgan fingerprint density at radius 1 is 1.14 bits per heavy atom. The highest BCUT2D eigenvalue weighted by Gasteiger charge is 2.33. The SMILES string of the molecule is CCOC(=O)[C@@H]1CC[C@H](NC(=O)N2CCC(C(=O)O)CC2)C1. The normalized spacial score (nSPS) is 25.8. The number of carbonyl (C=O) groups excluding carboxylic acids is 2. The van der Waals surface area contributed by atoms with Gasteiger partial charge in [0.2, 0.25) is 0 Å². The Kier molecular flexibility index (Phi) is 5.63. The summed E-state index contributed by atoms with van der Waals surface area (Å²) < 4.78 is 5.01. The van der Waals surface area contributed by atoms with Gasteiger partial charge in [-0.25, -0.2) is 4.79 Å². The summed E-state index contributed by atoms with van der Waals surface area (Å²) >= 11 is 0. The molecule has 124 valence electrons. The maximum atomic E-state index is 12.2. The summed E-state index contributed by atoms with van der Waals surface area (Å²) in [5.41, 5.74) is 0. The first-order chi connectivity index (χ1) is 10.5. The Morgan fingerprint density at radius 2 is 1.82 bits per heavy atom. The lowest BCUT2D eigenvalue weighted by atomic mass is 9.97. The maximum Gasteiger partial charge on any atom is 0.317 e. The largest absolute Gasteiger partial charge is 0.481 e. The number of nitrogens with zero attached hydrogens (tertiary/aromatic N) is 1. The lowest BCUT2D eigenvalue weighted by Gasteiger charge is -2.31. The molecule has 2 rings (SSSR count). The van der Waals surface area contributed by atoms with Crippen LogP contribution in [0.2, 0.25) is 0 Å². The van der Waals surface area contributed by atoms with E-state index in [1.54, 1.807) is 11.8 Å². The monoisotopic (exact) mass is 312 g/mol. The number of carboxylic acids is 1. The fraction of sp³-hybridized carbons (Fsp3) is 0.800. The zero-order valence-corrected chi connectivity index (χ0v) is 12.9. The van der Waals surface area contributed by atoms with E-state index in [0.717, 1.165) is 12.8 Å². The van der Waals surface area contributed by atoms with Crippen LogP contribution in [0, 0.1) is 11.8 Å². The summed E-state index contributed by atoms with van der Waals surface area (Å²) in [6.45, 7) is 3.10. The molecule has 2 amide bonds.